The van der Waals surface area contributed by atoms with E-state index in [0.717, 1.165) is 32.1 Å². The van der Waals surface area contributed by atoms with Gasteiger partial charge in [0.15, 0.2) is 0 Å². The van der Waals surface area contributed by atoms with E-state index in [9.17, 15) is 10.2 Å². The summed E-state index contributed by atoms with van der Waals surface area (Å²) in [4.78, 5) is 0. The van der Waals surface area contributed by atoms with E-state index in [1.54, 1.807) is 6.08 Å². The smallest absolute Gasteiger partial charge is 0.0621 e. The van der Waals surface area contributed by atoms with Gasteiger partial charge >= 0.3 is 0 Å². The van der Waals surface area contributed by atoms with Crippen molar-refractivity contribution in [2.45, 2.75) is 38.2 Å². The highest BCUT2D eigenvalue weighted by atomic mass is 16.3. The van der Waals surface area contributed by atoms with Crippen LogP contribution in [-0.4, -0.2) is 22.9 Å². The van der Waals surface area contributed by atoms with E-state index < -0.39 is 0 Å². The van der Waals surface area contributed by atoms with Gasteiger partial charge in [0.2, 0.25) is 0 Å². The number of hydrogen-bond donors (Lipinski definition) is 2. The van der Waals surface area contributed by atoms with Gasteiger partial charge in [0.05, 0.1) is 12.7 Å². The minimum Gasteiger partial charge on any atom is -0.396 e. The van der Waals surface area contributed by atoms with E-state index in [1.165, 1.54) is 0 Å². The van der Waals surface area contributed by atoms with Crippen molar-refractivity contribution in [1.29, 1.82) is 0 Å². The predicted octanol–water partition coefficient (Wildman–Crippen LogP) is 1.48. The van der Waals surface area contributed by atoms with Gasteiger partial charge in [-0.05, 0) is 19.3 Å². The molecule has 2 nitrogen and oxygen atoms in total. The minimum atomic E-state index is -0.339. The van der Waals surface area contributed by atoms with Crippen molar-refractivity contribution in [3.8, 4) is 0 Å². The van der Waals surface area contributed by atoms with Crippen molar-refractivity contribution in [2.75, 3.05) is 6.61 Å². The predicted molar refractivity (Wildman–Crippen MR) is 48.8 cm³/mol. The van der Waals surface area contributed by atoms with Gasteiger partial charge in [-0.25, -0.2) is 0 Å². The summed E-state index contributed by atoms with van der Waals surface area (Å²) in [7, 11) is 0. The molecule has 0 saturated heterocycles. The van der Waals surface area contributed by atoms with Crippen LogP contribution >= 0.6 is 0 Å². The molecule has 2 atom stereocenters. The molecule has 0 heterocycles. The molecule has 12 heavy (non-hydrogen) atoms. The first kappa shape index (κ1) is 9.75. The molecule has 2 N–H and O–H groups in total. The molecule has 2 heteroatoms. The highest BCUT2D eigenvalue weighted by Crippen LogP contribution is 2.39. The minimum absolute atomic E-state index is 0.0835. The van der Waals surface area contributed by atoms with Crippen molar-refractivity contribution in [1.82, 2.24) is 0 Å². The summed E-state index contributed by atoms with van der Waals surface area (Å²) in [5.41, 5.74) is -0.278. The summed E-state index contributed by atoms with van der Waals surface area (Å²) in [5.74, 6) is 0. The molecule has 0 aromatic heterocycles. The Bertz CT molecular complexity index is 156. The summed E-state index contributed by atoms with van der Waals surface area (Å²) >= 11 is 0. The molecule has 1 saturated carbocycles. The van der Waals surface area contributed by atoms with Gasteiger partial charge in [-0.1, -0.05) is 18.9 Å². The molecule has 0 unspecified atom stereocenters. The number of allylic oxidation sites excluding steroid dienone is 1. The van der Waals surface area contributed by atoms with Crippen LogP contribution in [0.1, 0.15) is 32.1 Å². The molecule has 0 aromatic carbocycles. The van der Waals surface area contributed by atoms with Crippen LogP contribution in [0.5, 0.6) is 0 Å². The second kappa shape index (κ2) is 4.06. The van der Waals surface area contributed by atoms with Crippen LogP contribution in [0.15, 0.2) is 12.7 Å². The van der Waals surface area contributed by atoms with Crippen LogP contribution in [0.25, 0.3) is 0 Å². The summed E-state index contributed by atoms with van der Waals surface area (Å²) in [6.45, 7) is 3.74. The third-order valence-electron chi connectivity index (χ3n) is 2.97. The Balaban J connectivity index is 2.65. The van der Waals surface area contributed by atoms with Gasteiger partial charge in [-0.15, -0.1) is 6.58 Å². The lowest BCUT2D eigenvalue weighted by Gasteiger charge is -2.39. The zero-order valence-corrected chi connectivity index (χ0v) is 7.50. The third-order valence-corrected chi connectivity index (χ3v) is 2.97. The quantitative estimate of drug-likeness (QED) is 0.630. The molecule has 1 rings (SSSR count). The van der Waals surface area contributed by atoms with Crippen LogP contribution in [0, 0.1) is 5.41 Å². The zero-order chi connectivity index (χ0) is 9.03. The van der Waals surface area contributed by atoms with Crippen molar-refractivity contribution in [2.24, 2.45) is 5.41 Å². The molecule has 1 aliphatic rings. The van der Waals surface area contributed by atoms with Gasteiger partial charge in [0.1, 0.15) is 0 Å². The van der Waals surface area contributed by atoms with Gasteiger partial charge < -0.3 is 10.2 Å². The zero-order valence-electron chi connectivity index (χ0n) is 7.50. The first-order valence-corrected chi connectivity index (χ1v) is 4.65. The lowest BCUT2D eigenvalue weighted by atomic mass is 9.70. The maximum Gasteiger partial charge on any atom is 0.0621 e. The Kier molecular flexibility index (Phi) is 3.29. The lowest BCUT2D eigenvalue weighted by Crippen LogP contribution is -2.40. The standard InChI is InChI=1S/C10H18O2/c1-2-6-10(8-11)7-4-3-5-9(10)12/h2,9,11-12H,1,3-8H2/t9-,10-/m1/s1. The Labute approximate surface area is 73.9 Å². The molecule has 0 amide bonds. The Morgan fingerprint density at radius 2 is 2.25 bits per heavy atom. The maximum atomic E-state index is 9.74. The fourth-order valence-corrected chi connectivity index (χ4v) is 2.06. The molecule has 0 spiro atoms. The summed E-state index contributed by atoms with van der Waals surface area (Å²) in [6.07, 6.45) is 6.14. The Morgan fingerprint density at radius 1 is 1.50 bits per heavy atom. The average molecular weight is 170 g/mol. The summed E-state index contributed by atoms with van der Waals surface area (Å²) in [6, 6.07) is 0. The third kappa shape index (κ3) is 1.70. The van der Waals surface area contributed by atoms with Crippen LogP contribution in [0.4, 0.5) is 0 Å². The van der Waals surface area contributed by atoms with Crippen molar-refractivity contribution >= 4 is 0 Å². The number of hydrogen-bond acceptors (Lipinski definition) is 2. The molecule has 1 fully saturated rings. The largest absolute Gasteiger partial charge is 0.396 e. The van der Waals surface area contributed by atoms with Crippen molar-refractivity contribution in [3.05, 3.63) is 12.7 Å². The SMILES string of the molecule is C=CC[C@]1(CO)CCCC[C@H]1O. The number of aliphatic hydroxyl groups is 2. The summed E-state index contributed by atoms with van der Waals surface area (Å²) in [5, 5.41) is 19.0. The first-order chi connectivity index (χ1) is 5.75. The molecular weight excluding hydrogens is 152 g/mol. The maximum absolute atomic E-state index is 9.74. The lowest BCUT2D eigenvalue weighted by molar-refractivity contribution is -0.0454. The highest BCUT2D eigenvalue weighted by molar-refractivity contribution is 4.93. The fraction of sp³-hybridized carbons (Fsp3) is 0.800. The van der Waals surface area contributed by atoms with Crippen LogP contribution in [-0.2, 0) is 0 Å². The number of rotatable bonds is 3. The van der Waals surface area contributed by atoms with Crippen molar-refractivity contribution in [3.63, 3.8) is 0 Å². The summed E-state index contributed by atoms with van der Waals surface area (Å²) < 4.78 is 0. The fourth-order valence-electron chi connectivity index (χ4n) is 2.06. The van der Waals surface area contributed by atoms with Crippen molar-refractivity contribution < 1.29 is 10.2 Å². The second-order valence-electron chi connectivity index (χ2n) is 3.77. The van der Waals surface area contributed by atoms with Crippen LogP contribution < -0.4 is 0 Å². The molecule has 0 radical (unpaired) electrons. The van der Waals surface area contributed by atoms with Crippen LogP contribution in [0.3, 0.4) is 0 Å². The molecule has 0 bridgehead atoms. The number of aliphatic hydroxyl groups excluding tert-OH is 2. The monoisotopic (exact) mass is 170 g/mol. The van der Waals surface area contributed by atoms with Gasteiger partial charge in [0, 0.05) is 5.41 Å². The molecule has 0 aromatic rings. The van der Waals surface area contributed by atoms with E-state index in [1.807, 2.05) is 0 Å². The Morgan fingerprint density at radius 3 is 2.75 bits per heavy atom. The van der Waals surface area contributed by atoms with Gasteiger partial charge in [-0.2, -0.15) is 0 Å². The highest BCUT2D eigenvalue weighted by Gasteiger charge is 2.37. The van der Waals surface area contributed by atoms with Gasteiger partial charge in [0.25, 0.3) is 0 Å². The second-order valence-corrected chi connectivity index (χ2v) is 3.77. The van der Waals surface area contributed by atoms with Gasteiger partial charge in [-0.3, -0.25) is 0 Å². The normalized spacial score (nSPS) is 36.3. The molecule has 70 valence electrons. The average Bonchev–Trinajstić information content (AvgIpc) is 2.10. The molecule has 0 aliphatic heterocycles. The topological polar surface area (TPSA) is 40.5 Å². The van der Waals surface area contributed by atoms with E-state index in [2.05, 4.69) is 6.58 Å². The molecular formula is C10H18O2. The van der Waals surface area contributed by atoms with E-state index in [4.69, 9.17) is 0 Å². The first-order valence-electron chi connectivity index (χ1n) is 4.65. The Hall–Kier alpha value is -0.340. The molecule has 1 aliphatic carbocycles. The van der Waals surface area contributed by atoms with E-state index in [0.29, 0.717) is 0 Å². The van der Waals surface area contributed by atoms with Crippen LogP contribution in [0.2, 0.25) is 0 Å². The van der Waals surface area contributed by atoms with E-state index >= 15 is 0 Å². The van der Waals surface area contributed by atoms with E-state index in [-0.39, 0.29) is 18.1 Å².